The Bertz CT molecular complexity index is 628. The van der Waals surface area contributed by atoms with Crippen LogP contribution in [0.3, 0.4) is 0 Å². The molecule has 0 atom stereocenters. The fraction of sp³-hybridized carbons (Fsp3) is 0.357. The lowest BCUT2D eigenvalue weighted by Crippen LogP contribution is -2.24. The molecule has 8 heteroatoms. The second kappa shape index (κ2) is 8.52. The molecule has 22 heavy (non-hydrogen) atoms. The van der Waals surface area contributed by atoms with Gasteiger partial charge < -0.3 is 15.2 Å². The zero-order valence-electron chi connectivity index (χ0n) is 12.3. The van der Waals surface area contributed by atoms with Crippen LogP contribution in [0.4, 0.5) is 5.69 Å². The molecule has 1 aromatic carbocycles. The minimum atomic E-state index is -3.76. The summed E-state index contributed by atoms with van der Waals surface area (Å²) in [6.07, 6.45) is 2.11. The first kappa shape index (κ1) is 18.1. The number of hydrogen-bond acceptors (Lipinski definition) is 5. The Labute approximate surface area is 130 Å². The molecule has 0 aliphatic heterocycles. The maximum Gasteiger partial charge on any atom is 0.337 e. The lowest BCUT2D eigenvalue weighted by molar-refractivity contribution is 0.0697. The van der Waals surface area contributed by atoms with Gasteiger partial charge in [0.25, 0.3) is 0 Å². The summed E-state index contributed by atoms with van der Waals surface area (Å²) < 4.78 is 31.2. The van der Waals surface area contributed by atoms with E-state index >= 15 is 0 Å². The highest BCUT2D eigenvalue weighted by Gasteiger charge is 2.18. The van der Waals surface area contributed by atoms with Crippen molar-refractivity contribution in [2.24, 2.45) is 0 Å². The van der Waals surface area contributed by atoms with E-state index in [4.69, 9.17) is 4.74 Å². The van der Waals surface area contributed by atoms with Crippen molar-refractivity contribution in [2.75, 3.05) is 32.1 Å². The van der Waals surface area contributed by atoms with Crippen LogP contribution in [0.15, 0.2) is 35.7 Å². The third-order valence-electron chi connectivity index (χ3n) is 2.79. The number of aromatic carboxylic acids is 1. The molecule has 122 valence electrons. The summed E-state index contributed by atoms with van der Waals surface area (Å²) >= 11 is 0. The van der Waals surface area contributed by atoms with Crippen LogP contribution in [-0.4, -0.2) is 46.3 Å². The number of benzene rings is 1. The van der Waals surface area contributed by atoms with E-state index in [2.05, 4.69) is 16.6 Å². The molecule has 0 fully saturated rings. The number of carboxylic acids is 1. The molecule has 7 nitrogen and oxygen atoms in total. The van der Waals surface area contributed by atoms with Gasteiger partial charge >= 0.3 is 5.97 Å². The molecule has 1 rings (SSSR count). The van der Waals surface area contributed by atoms with E-state index in [1.807, 2.05) is 0 Å². The van der Waals surface area contributed by atoms with Crippen LogP contribution < -0.4 is 10.0 Å². The second-order valence-electron chi connectivity index (χ2n) is 4.43. The summed E-state index contributed by atoms with van der Waals surface area (Å²) in [6, 6.07) is 3.93. The summed E-state index contributed by atoms with van der Waals surface area (Å²) in [5, 5.41) is 12.2. The first-order valence-electron chi connectivity index (χ1n) is 6.63. The van der Waals surface area contributed by atoms with Gasteiger partial charge in [0.05, 0.1) is 10.5 Å². The van der Waals surface area contributed by atoms with Crippen molar-refractivity contribution in [2.45, 2.75) is 11.3 Å². The van der Waals surface area contributed by atoms with Gasteiger partial charge in [0.2, 0.25) is 10.0 Å². The molecule has 0 unspecified atom stereocenters. The summed E-state index contributed by atoms with van der Waals surface area (Å²) in [4.78, 5) is 11.2. The SMILES string of the molecule is C=CCNS(=O)(=O)c1ccc(NCCCOC)c(C(=O)O)c1. The maximum absolute atomic E-state index is 12.0. The van der Waals surface area contributed by atoms with Crippen LogP contribution in [-0.2, 0) is 14.8 Å². The Morgan fingerprint density at radius 2 is 2.18 bits per heavy atom. The molecule has 1 aromatic rings. The highest BCUT2D eigenvalue weighted by atomic mass is 32.2. The molecule has 0 spiro atoms. The number of hydrogen-bond donors (Lipinski definition) is 3. The minimum Gasteiger partial charge on any atom is -0.478 e. The molecule has 3 N–H and O–H groups in total. The Balaban J connectivity index is 2.99. The van der Waals surface area contributed by atoms with Crippen LogP contribution in [0.2, 0.25) is 0 Å². The van der Waals surface area contributed by atoms with Gasteiger partial charge in [0.1, 0.15) is 0 Å². The number of nitrogens with one attached hydrogen (secondary N) is 2. The Hall–Kier alpha value is -1.90. The van der Waals surface area contributed by atoms with Crippen LogP contribution >= 0.6 is 0 Å². The molecule has 0 aliphatic rings. The van der Waals surface area contributed by atoms with Crippen molar-refractivity contribution in [1.82, 2.24) is 4.72 Å². The summed E-state index contributed by atoms with van der Waals surface area (Å²) in [6.45, 7) is 4.57. The van der Waals surface area contributed by atoms with Gasteiger partial charge in [-0.1, -0.05) is 6.08 Å². The number of methoxy groups -OCH3 is 1. The molecular formula is C14H20N2O5S. The van der Waals surface area contributed by atoms with Gasteiger partial charge in [0, 0.05) is 32.5 Å². The number of sulfonamides is 1. The summed E-state index contributed by atoms with van der Waals surface area (Å²) in [7, 11) is -2.17. The van der Waals surface area contributed by atoms with Crippen molar-refractivity contribution in [3.63, 3.8) is 0 Å². The van der Waals surface area contributed by atoms with Gasteiger partial charge in [-0.3, -0.25) is 0 Å². The zero-order chi connectivity index (χ0) is 16.6. The first-order chi connectivity index (χ1) is 10.4. The lowest BCUT2D eigenvalue weighted by Gasteiger charge is -2.12. The molecule has 0 aromatic heterocycles. The Morgan fingerprint density at radius 3 is 2.77 bits per heavy atom. The number of ether oxygens (including phenoxy) is 1. The normalized spacial score (nSPS) is 11.1. The third-order valence-corrected chi connectivity index (χ3v) is 4.21. The third kappa shape index (κ3) is 5.14. The lowest BCUT2D eigenvalue weighted by atomic mass is 10.2. The van der Waals surface area contributed by atoms with Gasteiger partial charge in [-0.15, -0.1) is 6.58 Å². The molecule has 0 amide bonds. The molecule has 0 aliphatic carbocycles. The molecular weight excluding hydrogens is 308 g/mol. The van der Waals surface area contributed by atoms with Crippen molar-refractivity contribution in [3.05, 3.63) is 36.4 Å². The maximum atomic E-state index is 12.0. The van der Waals surface area contributed by atoms with Gasteiger partial charge in [0.15, 0.2) is 0 Å². The van der Waals surface area contributed by atoms with Crippen LogP contribution in [0.1, 0.15) is 16.8 Å². The van der Waals surface area contributed by atoms with Gasteiger partial charge in [-0.2, -0.15) is 0 Å². The van der Waals surface area contributed by atoms with E-state index in [0.717, 1.165) is 6.07 Å². The fourth-order valence-electron chi connectivity index (χ4n) is 1.71. The van der Waals surface area contributed by atoms with Crippen molar-refractivity contribution < 1.29 is 23.1 Å². The Kier molecular flexibility index (Phi) is 7.03. The smallest absolute Gasteiger partial charge is 0.337 e. The molecule has 0 heterocycles. The fourth-order valence-corrected chi connectivity index (χ4v) is 2.74. The molecule has 0 saturated carbocycles. The topological polar surface area (TPSA) is 105 Å². The number of carboxylic acid groups (broad SMARTS) is 1. The predicted octanol–water partition coefficient (Wildman–Crippen LogP) is 1.30. The summed E-state index contributed by atoms with van der Waals surface area (Å²) in [5.41, 5.74) is 0.269. The van der Waals surface area contributed by atoms with E-state index in [0.29, 0.717) is 25.3 Å². The van der Waals surface area contributed by atoms with E-state index in [-0.39, 0.29) is 17.0 Å². The highest BCUT2D eigenvalue weighted by molar-refractivity contribution is 7.89. The van der Waals surface area contributed by atoms with Crippen LogP contribution in [0.5, 0.6) is 0 Å². The number of carbonyl (C=O) groups is 1. The quantitative estimate of drug-likeness (QED) is 0.442. The van der Waals surface area contributed by atoms with Gasteiger partial charge in [-0.25, -0.2) is 17.9 Å². The van der Waals surface area contributed by atoms with E-state index < -0.39 is 16.0 Å². The molecule has 0 radical (unpaired) electrons. The van der Waals surface area contributed by atoms with Crippen molar-refractivity contribution >= 4 is 21.7 Å². The zero-order valence-corrected chi connectivity index (χ0v) is 13.1. The van der Waals surface area contributed by atoms with Crippen molar-refractivity contribution in [1.29, 1.82) is 0 Å². The predicted molar refractivity (Wildman–Crippen MR) is 83.8 cm³/mol. The number of anilines is 1. The second-order valence-corrected chi connectivity index (χ2v) is 6.19. The molecule has 0 bridgehead atoms. The average molecular weight is 328 g/mol. The summed E-state index contributed by atoms with van der Waals surface area (Å²) in [5.74, 6) is -1.20. The standard InChI is InChI=1S/C14H20N2O5S/c1-3-7-16-22(19,20)11-5-6-13(12(10-11)14(17)18)15-8-4-9-21-2/h3,5-6,10,15-16H,1,4,7-9H2,2H3,(H,17,18). The van der Waals surface area contributed by atoms with Crippen LogP contribution in [0.25, 0.3) is 0 Å². The first-order valence-corrected chi connectivity index (χ1v) is 8.11. The average Bonchev–Trinajstić information content (AvgIpc) is 2.49. The monoisotopic (exact) mass is 328 g/mol. The van der Waals surface area contributed by atoms with Crippen LogP contribution in [0, 0.1) is 0 Å². The van der Waals surface area contributed by atoms with E-state index in [1.165, 1.54) is 18.2 Å². The van der Waals surface area contributed by atoms with E-state index in [1.54, 1.807) is 7.11 Å². The number of rotatable bonds is 10. The largest absolute Gasteiger partial charge is 0.478 e. The van der Waals surface area contributed by atoms with E-state index in [9.17, 15) is 18.3 Å². The highest BCUT2D eigenvalue weighted by Crippen LogP contribution is 2.20. The van der Waals surface area contributed by atoms with Gasteiger partial charge in [-0.05, 0) is 24.6 Å². The minimum absolute atomic E-state index is 0.0712. The molecule has 0 saturated heterocycles. The Morgan fingerprint density at radius 1 is 1.45 bits per heavy atom. The van der Waals surface area contributed by atoms with Crippen molar-refractivity contribution in [3.8, 4) is 0 Å².